The quantitative estimate of drug-likeness (QED) is 0.658. The molecule has 0 saturated carbocycles. The highest BCUT2D eigenvalue weighted by Gasteiger charge is 2.04. The predicted molar refractivity (Wildman–Crippen MR) is 82.6 cm³/mol. The lowest BCUT2D eigenvalue weighted by Crippen LogP contribution is -2.37. The van der Waals surface area contributed by atoms with Gasteiger partial charge >= 0.3 is 0 Å². The molecule has 0 atom stereocenters. The molecule has 6 heteroatoms. The molecule has 2 N–H and O–H groups in total. The Bertz CT molecular complexity index is 597. The molecule has 0 unspecified atom stereocenters. The van der Waals surface area contributed by atoms with Gasteiger partial charge in [-0.2, -0.15) is 0 Å². The summed E-state index contributed by atoms with van der Waals surface area (Å²) in [6.45, 7) is 1.22. The molecule has 0 aliphatic heterocycles. The van der Waals surface area contributed by atoms with Crippen LogP contribution in [0.2, 0.25) is 0 Å². The van der Waals surface area contributed by atoms with Crippen LogP contribution in [0.25, 0.3) is 0 Å². The molecule has 2 aromatic rings. The Kier molecular flexibility index (Phi) is 5.68. The van der Waals surface area contributed by atoms with Crippen LogP contribution in [-0.2, 0) is 13.0 Å². The topological polar surface area (TPSA) is 36.4 Å². The Morgan fingerprint density at radius 1 is 1.24 bits per heavy atom. The first kappa shape index (κ1) is 15.4. The number of aliphatic imine (C=N–C) groups is 1. The molecule has 3 nitrogen and oxygen atoms in total. The molecule has 0 fully saturated rings. The molecule has 0 aliphatic rings. The number of nitrogens with one attached hydrogen (secondary N) is 2. The van der Waals surface area contributed by atoms with Crippen LogP contribution in [0.15, 0.2) is 40.7 Å². The molecular formula is C15H17F2N3S. The van der Waals surface area contributed by atoms with E-state index in [0.717, 1.165) is 6.07 Å². The summed E-state index contributed by atoms with van der Waals surface area (Å²) >= 11 is 1.67. The smallest absolute Gasteiger partial charge is 0.191 e. The van der Waals surface area contributed by atoms with Crippen LogP contribution in [0.3, 0.4) is 0 Å². The molecular weight excluding hydrogens is 292 g/mol. The van der Waals surface area contributed by atoms with E-state index in [9.17, 15) is 8.78 Å². The fourth-order valence-electron chi connectivity index (χ4n) is 1.84. The van der Waals surface area contributed by atoms with E-state index in [0.29, 0.717) is 31.0 Å². The molecule has 112 valence electrons. The molecule has 0 amide bonds. The van der Waals surface area contributed by atoms with Gasteiger partial charge in [0.1, 0.15) is 11.6 Å². The maximum absolute atomic E-state index is 13.5. The monoisotopic (exact) mass is 309 g/mol. The van der Waals surface area contributed by atoms with Crippen LogP contribution in [0, 0.1) is 11.6 Å². The minimum atomic E-state index is -0.558. The van der Waals surface area contributed by atoms with Crippen molar-refractivity contribution in [2.45, 2.75) is 13.0 Å². The first-order valence-corrected chi connectivity index (χ1v) is 7.48. The fraction of sp³-hybridized carbons (Fsp3) is 0.267. The largest absolute Gasteiger partial charge is 0.356 e. The molecule has 1 heterocycles. The van der Waals surface area contributed by atoms with Crippen molar-refractivity contribution in [3.05, 3.63) is 57.8 Å². The second kappa shape index (κ2) is 7.73. The summed E-state index contributed by atoms with van der Waals surface area (Å²) in [6.07, 6.45) is 0.464. The van der Waals surface area contributed by atoms with E-state index in [1.54, 1.807) is 18.4 Å². The van der Waals surface area contributed by atoms with Gasteiger partial charge in [-0.05, 0) is 29.5 Å². The normalized spacial score (nSPS) is 11.5. The van der Waals surface area contributed by atoms with Gasteiger partial charge in [0.15, 0.2) is 5.96 Å². The van der Waals surface area contributed by atoms with Crippen LogP contribution in [0.5, 0.6) is 0 Å². The van der Waals surface area contributed by atoms with E-state index >= 15 is 0 Å². The Labute approximate surface area is 126 Å². The molecule has 2 rings (SSSR count). The summed E-state index contributed by atoms with van der Waals surface area (Å²) in [5.74, 6) is -0.415. The number of guanidine groups is 1. The Hall–Kier alpha value is -1.95. The average Bonchev–Trinajstić information content (AvgIpc) is 2.98. The van der Waals surface area contributed by atoms with E-state index in [-0.39, 0.29) is 0 Å². The van der Waals surface area contributed by atoms with Crippen molar-refractivity contribution >= 4 is 17.3 Å². The fourth-order valence-corrected chi connectivity index (χ4v) is 2.49. The number of rotatable bonds is 5. The van der Waals surface area contributed by atoms with Crippen molar-refractivity contribution in [1.29, 1.82) is 0 Å². The maximum atomic E-state index is 13.5. The minimum absolute atomic E-state index is 0.464. The van der Waals surface area contributed by atoms with Crippen molar-refractivity contribution in [3.63, 3.8) is 0 Å². The van der Waals surface area contributed by atoms with Crippen molar-refractivity contribution in [2.24, 2.45) is 4.99 Å². The third kappa shape index (κ3) is 4.82. The van der Waals surface area contributed by atoms with Gasteiger partial charge < -0.3 is 10.6 Å². The zero-order valence-corrected chi connectivity index (χ0v) is 12.5. The van der Waals surface area contributed by atoms with Crippen LogP contribution in [0.1, 0.15) is 10.4 Å². The average molecular weight is 309 g/mol. The van der Waals surface area contributed by atoms with Gasteiger partial charge in [0.2, 0.25) is 0 Å². The van der Waals surface area contributed by atoms with E-state index in [4.69, 9.17) is 0 Å². The van der Waals surface area contributed by atoms with Crippen molar-refractivity contribution in [1.82, 2.24) is 10.6 Å². The number of halogens is 2. The summed E-state index contributed by atoms with van der Waals surface area (Å²) in [5.41, 5.74) is 0.484. The predicted octanol–water partition coefficient (Wildman–Crippen LogP) is 2.93. The van der Waals surface area contributed by atoms with Gasteiger partial charge in [0.05, 0.1) is 6.54 Å². The molecule has 0 saturated heterocycles. The molecule has 1 aromatic carbocycles. The summed E-state index contributed by atoms with van der Waals surface area (Å²) < 4.78 is 26.3. The van der Waals surface area contributed by atoms with Crippen LogP contribution in [-0.4, -0.2) is 19.6 Å². The van der Waals surface area contributed by atoms with Gasteiger partial charge in [-0.3, -0.25) is 4.99 Å². The third-order valence-corrected chi connectivity index (χ3v) is 3.81. The summed E-state index contributed by atoms with van der Waals surface area (Å²) in [6, 6.07) is 7.67. The molecule has 21 heavy (non-hydrogen) atoms. The zero-order chi connectivity index (χ0) is 15.1. The van der Waals surface area contributed by atoms with Crippen LogP contribution < -0.4 is 10.6 Å². The van der Waals surface area contributed by atoms with E-state index in [1.165, 1.54) is 17.0 Å². The number of thiophene rings is 1. The third-order valence-electron chi connectivity index (χ3n) is 2.94. The lowest BCUT2D eigenvalue weighted by atomic mass is 10.1. The van der Waals surface area contributed by atoms with E-state index < -0.39 is 11.6 Å². The minimum Gasteiger partial charge on any atom is -0.356 e. The Morgan fingerprint density at radius 3 is 2.76 bits per heavy atom. The number of nitrogens with zero attached hydrogens (tertiary/aromatic N) is 1. The first-order valence-electron chi connectivity index (χ1n) is 6.60. The summed E-state index contributed by atoms with van der Waals surface area (Å²) in [4.78, 5) is 5.31. The number of hydrogen-bond donors (Lipinski definition) is 2. The molecule has 0 aliphatic carbocycles. The SMILES string of the molecule is CN=C(NCCc1ccc(F)cc1F)NCc1cccs1. The maximum Gasteiger partial charge on any atom is 0.191 e. The lowest BCUT2D eigenvalue weighted by Gasteiger charge is -2.11. The van der Waals surface area contributed by atoms with Crippen molar-refractivity contribution < 1.29 is 8.78 Å². The second-order valence-electron chi connectivity index (χ2n) is 4.42. The van der Waals surface area contributed by atoms with E-state index in [1.807, 2.05) is 17.5 Å². The van der Waals surface area contributed by atoms with E-state index in [2.05, 4.69) is 15.6 Å². The highest BCUT2D eigenvalue weighted by atomic mass is 32.1. The molecule has 0 radical (unpaired) electrons. The Morgan fingerprint density at radius 2 is 2.10 bits per heavy atom. The second-order valence-corrected chi connectivity index (χ2v) is 5.45. The Balaban J connectivity index is 1.78. The lowest BCUT2D eigenvalue weighted by molar-refractivity contribution is 0.570. The van der Waals surface area contributed by atoms with Crippen molar-refractivity contribution in [2.75, 3.05) is 13.6 Å². The molecule has 0 bridgehead atoms. The van der Waals surface area contributed by atoms with Gasteiger partial charge in [-0.15, -0.1) is 11.3 Å². The first-order chi connectivity index (χ1) is 10.2. The van der Waals surface area contributed by atoms with Crippen LogP contribution in [0.4, 0.5) is 8.78 Å². The van der Waals surface area contributed by atoms with Crippen LogP contribution >= 0.6 is 11.3 Å². The number of benzene rings is 1. The van der Waals surface area contributed by atoms with Gasteiger partial charge in [0.25, 0.3) is 0 Å². The highest BCUT2D eigenvalue weighted by molar-refractivity contribution is 7.09. The van der Waals surface area contributed by atoms with Crippen molar-refractivity contribution in [3.8, 4) is 0 Å². The number of hydrogen-bond acceptors (Lipinski definition) is 2. The molecule has 1 aromatic heterocycles. The van der Waals surface area contributed by atoms with Gasteiger partial charge in [0, 0.05) is 24.5 Å². The summed E-state index contributed by atoms with van der Waals surface area (Å²) in [7, 11) is 1.68. The van der Waals surface area contributed by atoms with Gasteiger partial charge in [-0.1, -0.05) is 12.1 Å². The zero-order valence-electron chi connectivity index (χ0n) is 11.7. The van der Waals surface area contributed by atoms with Gasteiger partial charge in [-0.25, -0.2) is 8.78 Å². The summed E-state index contributed by atoms with van der Waals surface area (Å²) in [5, 5.41) is 8.30. The highest BCUT2D eigenvalue weighted by Crippen LogP contribution is 2.09. The molecule has 0 spiro atoms. The standard InChI is InChI=1S/C15H17F2N3S/c1-18-15(20-10-13-3-2-8-21-13)19-7-6-11-4-5-12(16)9-14(11)17/h2-5,8-9H,6-7,10H2,1H3,(H2,18,19,20).